The molecule has 3 rings (SSSR count). The van der Waals surface area contributed by atoms with Crippen molar-refractivity contribution in [2.75, 3.05) is 7.11 Å². The smallest absolute Gasteiger partial charge is 0.269 e. The van der Waals surface area contributed by atoms with Crippen LogP contribution < -0.4 is 20.3 Å². The molecular formula is C22H23N3O4S. The van der Waals surface area contributed by atoms with E-state index in [1.807, 2.05) is 49.6 Å². The first kappa shape index (κ1) is 21.3. The second kappa shape index (κ2) is 9.89. The monoisotopic (exact) mass is 425 g/mol. The number of thiazole rings is 1. The van der Waals surface area contributed by atoms with Crippen molar-refractivity contribution in [1.29, 1.82) is 0 Å². The summed E-state index contributed by atoms with van der Waals surface area (Å²) in [6.45, 7) is 3.81. The van der Waals surface area contributed by atoms with E-state index in [0.29, 0.717) is 22.8 Å². The van der Waals surface area contributed by atoms with Gasteiger partial charge < -0.3 is 9.47 Å². The lowest BCUT2D eigenvalue weighted by molar-refractivity contribution is -0.121. The molecular weight excluding hydrogens is 402 g/mol. The average molecular weight is 426 g/mol. The van der Waals surface area contributed by atoms with E-state index in [9.17, 15) is 9.59 Å². The zero-order valence-electron chi connectivity index (χ0n) is 17.0. The summed E-state index contributed by atoms with van der Waals surface area (Å²) in [5.41, 5.74) is 6.81. The molecule has 156 valence electrons. The van der Waals surface area contributed by atoms with Gasteiger partial charge in [-0.1, -0.05) is 30.3 Å². The number of nitrogens with one attached hydrogen (secondary N) is 2. The maximum absolute atomic E-state index is 12.4. The number of nitrogens with zero attached hydrogens (tertiary/aromatic N) is 1. The molecule has 1 heterocycles. The Bertz CT molecular complexity index is 1020. The van der Waals surface area contributed by atoms with Crippen LogP contribution in [-0.4, -0.2) is 30.0 Å². The molecule has 0 spiro atoms. The van der Waals surface area contributed by atoms with E-state index in [0.717, 1.165) is 10.6 Å². The standard InChI is InChI=1S/C22H23N3O4S/c1-14(2)29-18-10-9-16(11-19(18)28-3)21(27)25-24-20(26)12-17-13-30-22(23-17)15-7-5-4-6-8-15/h4-11,13-14H,12H2,1-3H3,(H,24,26)(H,25,27). The summed E-state index contributed by atoms with van der Waals surface area (Å²) in [7, 11) is 1.50. The Kier molecular flexibility index (Phi) is 7.03. The topological polar surface area (TPSA) is 89.6 Å². The highest BCUT2D eigenvalue weighted by Gasteiger charge is 2.14. The van der Waals surface area contributed by atoms with Crippen LogP contribution in [0.2, 0.25) is 0 Å². The van der Waals surface area contributed by atoms with Crippen LogP contribution in [0.3, 0.4) is 0 Å². The van der Waals surface area contributed by atoms with E-state index >= 15 is 0 Å². The van der Waals surface area contributed by atoms with Gasteiger partial charge in [0.1, 0.15) is 5.01 Å². The van der Waals surface area contributed by atoms with Gasteiger partial charge in [-0.3, -0.25) is 20.4 Å². The molecule has 0 aliphatic carbocycles. The van der Waals surface area contributed by atoms with E-state index in [-0.39, 0.29) is 18.4 Å². The first-order chi connectivity index (χ1) is 14.5. The van der Waals surface area contributed by atoms with Gasteiger partial charge >= 0.3 is 0 Å². The van der Waals surface area contributed by atoms with Gasteiger partial charge in [0.15, 0.2) is 11.5 Å². The third kappa shape index (κ3) is 5.57. The van der Waals surface area contributed by atoms with Crippen LogP contribution in [-0.2, 0) is 11.2 Å². The zero-order chi connectivity index (χ0) is 21.5. The number of carbonyl (C=O) groups excluding carboxylic acids is 2. The third-order valence-corrected chi connectivity index (χ3v) is 4.96. The highest BCUT2D eigenvalue weighted by molar-refractivity contribution is 7.13. The molecule has 3 aromatic rings. The predicted octanol–water partition coefficient (Wildman–Crippen LogP) is 3.61. The Hall–Kier alpha value is -3.39. The molecule has 1 aromatic heterocycles. The first-order valence-electron chi connectivity index (χ1n) is 9.40. The van der Waals surface area contributed by atoms with Crippen molar-refractivity contribution >= 4 is 23.2 Å². The largest absolute Gasteiger partial charge is 0.493 e. The molecule has 0 aliphatic heterocycles. The van der Waals surface area contributed by atoms with Crippen LogP contribution in [0.1, 0.15) is 29.9 Å². The molecule has 0 aliphatic rings. The molecule has 0 bridgehead atoms. The van der Waals surface area contributed by atoms with Crippen LogP contribution in [0.4, 0.5) is 0 Å². The molecule has 7 nitrogen and oxygen atoms in total. The number of amides is 2. The number of carbonyl (C=O) groups is 2. The maximum atomic E-state index is 12.4. The van der Waals surface area contributed by atoms with Gasteiger partial charge in [-0.2, -0.15) is 0 Å². The lowest BCUT2D eigenvalue weighted by Gasteiger charge is -2.14. The van der Waals surface area contributed by atoms with Crippen LogP contribution in [0.15, 0.2) is 53.9 Å². The summed E-state index contributed by atoms with van der Waals surface area (Å²) in [6.07, 6.45) is 0.0414. The van der Waals surface area contributed by atoms with E-state index in [1.54, 1.807) is 18.2 Å². The molecule has 0 saturated heterocycles. The molecule has 2 amide bonds. The van der Waals surface area contributed by atoms with Crippen LogP contribution >= 0.6 is 11.3 Å². The number of rotatable bonds is 7. The number of methoxy groups -OCH3 is 1. The predicted molar refractivity (Wildman–Crippen MR) is 116 cm³/mol. The minimum atomic E-state index is -0.457. The number of hydrazine groups is 1. The second-order valence-corrected chi connectivity index (χ2v) is 7.58. The Morgan fingerprint density at radius 1 is 1.07 bits per heavy atom. The summed E-state index contributed by atoms with van der Waals surface area (Å²) >= 11 is 1.47. The molecule has 0 atom stereocenters. The van der Waals surface area contributed by atoms with E-state index in [2.05, 4.69) is 15.8 Å². The van der Waals surface area contributed by atoms with Crippen molar-refractivity contribution in [2.45, 2.75) is 26.4 Å². The molecule has 0 radical (unpaired) electrons. The Morgan fingerprint density at radius 3 is 2.53 bits per heavy atom. The van der Waals surface area contributed by atoms with Gasteiger partial charge in [0.25, 0.3) is 5.91 Å². The number of ether oxygens (including phenoxy) is 2. The molecule has 2 N–H and O–H groups in total. The quantitative estimate of drug-likeness (QED) is 0.565. The molecule has 0 unspecified atom stereocenters. The van der Waals surface area contributed by atoms with Crippen LogP contribution in [0.25, 0.3) is 10.6 Å². The minimum Gasteiger partial charge on any atom is -0.493 e. The molecule has 30 heavy (non-hydrogen) atoms. The van der Waals surface area contributed by atoms with Crippen molar-refractivity contribution in [2.24, 2.45) is 0 Å². The first-order valence-corrected chi connectivity index (χ1v) is 10.3. The summed E-state index contributed by atoms with van der Waals surface area (Å²) in [5.74, 6) is 0.172. The summed E-state index contributed by atoms with van der Waals surface area (Å²) in [5, 5.41) is 2.68. The second-order valence-electron chi connectivity index (χ2n) is 6.72. The van der Waals surface area contributed by atoms with Crippen LogP contribution in [0, 0.1) is 0 Å². The summed E-state index contributed by atoms with van der Waals surface area (Å²) in [4.78, 5) is 29.0. The Balaban J connectivity index is 1.56. The van der Waals surface area contributed by atoms with Gasteiger partial charge in [0.2, 0.25) is 5.91 Å². The van der Waals surface area contributed by atoms with E-state index in [1.165, 1.54) is 18.4 Å². The van der Waals surface area contributed by atoms with Crippen molar-refractivity contribution in [3.8, 4) is 22.1 Å². The van der Waals surface area contributed by atoms with Crippen molar-refractivity contribution in [3.63, 3.8) is 0 Å². The Labute approximate surface area is 179 Å². The SMILES string of the molecule is COc1cc(C(=O)NNC(=O)Cc2csc(-c3ccccc3)n2)ccc1OC(C)C. The normalized spacial score (nSPS) is 10.5. The van der Waals surface area contributed by atoms with E-state index < -0.39 is 5.91 Å². The number of hydrogen-bond acceptors (Lipinski definition) is 6. The van der Waals surface area contributed by atoms with Crippen molar-refractivity contribution in [3.05, 3.63) is 65.2 Å². The van der Waals surface area contributed by atoms with Gasteiger partial charge in [0.05, 0.1) is 25.3 Å². The summed E-state index contributed by atoms with van der Waals surface area (Å²) < 4.78 is 10.9. The zero-order valence-corrected chi connectivity index (χ0v) is 17.8. The Morgan fingerprint density at radius 2 is 1.83 bits per heavy atom. The highest BCUT2D eigenvalue weighted by Crippen LogP contribution is 2.29. The number of hydrogen-bond donors (Lipinski definition) is 2. The molecule has 8 heteroatoms. The van der Waals surface area contributed by atoms with Gasteiger partial charge in [-0.25, -0.2) is 4.98 Å². The van der Waals surface area contributed by atoms with Crippen molar-refractivity contribution < 1.29 is 19.1 Å². The fourth-order valence-electron chi connectivity index (χ4n) is 2.67. The molecule has 0 saturated carbocycles. The average Bonchev–Trinajstić information content (AvgIpc) is 3.21. The fraction of sp³-hybridized carbons (Fsp3) is 0.227. The number of aromatic nitrogens is 1. The number of benzene rings is 2. The highest BCUT2D eigenvalue weighted by atomic mass is 32.1. The van der Waals surface area contributed by atoms with E-state index in [4.69, 9.17) is 9.47 Å². The molecule has 2 aromatic carbocycles. The van der Waals surface area contributed by atoms with Gasteiger partial charge in [-0.15, -0.1) is 11.3 Å². The van der Waals surface area contributed by atoms with Crippen LogP contribution in [0.5, 0.6) is 11.5 Å². The summed E-state index contributed by atoms with van der Waals surface area (Å²) in [6, 6.07) is 14.6. The lowest BCUT2D eigenvalue weighted by atomic mass is 10.2. The van der Waals surface area contributed by atoms with Gasteiger partial charge in [0, 0.05) is 16.5 Å². The lowest BCUT2D eigenvalue weighted by Crippen LogP contribution is -2.42. The fourth-order valence-corrected chi connectivity index (χ4v) is 3.49. The minimum absolute atomic E-state index is 0.0222. The van der Waals surface area contributed by atoms with Crippen molar-refractivity contribution in [1.82, 2.24) is 15.8 Å². The molecule has 0 fully saturated rings. The third-order valence-electron chi connectivity index (χ3n) is 4.02. The maximum Gasteiger partial charge on any atom is 0.269 e. The van der Waals surface area contributed by atoms with Gasteiger partial charge in [-0.05, 0) is 32.0 Å².